The van der Waals surface area contributed by atoms with Gasteiger partial charge in [-0.3, -0.25) is 0 Å². The van der Waals surface area contributed by atoms with Crippen LogP contribution in [0.25, 0.3) is 6.08 Å². The predicted molar refractivity (Wildman–Crippen MR) is 100 cm³/mol. The van der Waals surface area contributed by atoms with Crippen molar-refractivity contribution in [1.29, 1.82) is 0 Å². The average Bonchev–Trinajstić information content (AvgIpc) is 2.97. The van der Waals surface area contributed by atoms with Crippen molar-refractivity contribution in [2.75, 3.05) is 13.9 Å². The van der Waals surface area contributed by atoms with Gasteiger partial charge in [-0.1, -0.05) is 19.1 Å². The summed E-state index contributed by atoms with van der Waals surface area (Å²) in [5.74, 6) is 0.155. The van der Waals surface area contributed by atoms with Crippen molar-refractivity contribution in [2.45, 2.75) is 52.6 Å². The Morgan fingerprint density at radius 2 is 2.21 bits per heavy atom. The van der Waals surface area contributed by atoms with Gasteiger partial charge in [-0.25, -0.2) is 4.98 Å². The van der Waals surface area contributed by atoms with E-state index in [1.807, 2.05) is 13.8 Å². The Morgan fingerprint density at radius 1 is 1.42 bits per heavy atom. The Morgan fingerprint density at radius 3 is 2.83 bits per heavy atom. The maximum atomic E-state index is 10.6. The summed E-state index contributed by atoms with van der Waals surface area (Å²) < 4.78 is 10.8. The van der Waals surface area contributed by atoms with Crippen LogP contribution < -0.4 is 0 Å². The number of carbonyl (C=O) groups excluding carboxylic acids is 1. The second-order valence-electron chi connectivity index (χ2n) is 5.99. The zero-order valence-corrected chi connectivity index (χ0v) is 16.0. The van der Waals surface area contributed by atoms with Crippen molar-refractivity contribution >= 4 is 23.7 Å². The van der Waals surface area contributed by atoms with Gasteiger partial charge in [0.05, 0.1) is 16.8 Å². The van der Waals surface area contributed by atoms with E-state index in [9.17, 15) is 4.79 Å². The molecule has 0 fully saturated rings. The van der Waals surface area contributed by atoms with E-state index in [4.69, 9.17) is 9.47 Å². The highest BCUT2D eigenvalue weighted by Gasteiger charge is 2.10. The van der Waals surface area contributed by atoms with Crippen LogP contribution in [0.2, 0.25) is 0 Å². The van der Waals surface area contributed by atoms with E-state index in [0.717, 1.165) is 48.2 Å². The maximum Gasteiger partial charge on any atom is 0.147 e. The van der Waals surface area contributed by atoms with Crippen LogP contribution in [0.3, 0.4) is 0 Å². The Labute approximate surface area is 149 Å². The van der Waals surface area contributed by atoms with Gasteiger partial charge < -0.3 is 14.3 Å². The molecule has 24 heavy (non-hydrogen) atoms. The zero-order chi connectivity index (χ0) is 17.8. The van der Waals surface area contributed by atoms with Gasteiger partial charge >= 0.3 is 0 Å². The fraction of sp³-hybridized carbons (Fsp3) is 0.579. The van der Waals surface area contributed by atoms with E-state index in [-0.39, 0.29) is 18.8 Å². The lowest BCUT2D eigenvalue weighted by atomic mass is 10.0. The minimum atomic E-state index is -0.0166. The molecule has 2 atom stereocenters. The Hall–Kier alpha value is -1.30. The van der Waals surface area contributed by atoms with Crippen LogP contribution in [0.1, 0.15) is 50.2 Å². The standard InChI is InChI=1S/C19H29NO3S/c1-15(12-21)9-7-5-6-8-10-19(23-14-22-4)16(2)11-18-13-24-17(3)20-18/h6,8,11-13,15,19H,5,7,9-10,14H2,1-4H3/b8-6-,16-11+/t15-,19+/m1/s1. The molecule has 0 N–H and O–H groups in total. The van der Waals surface area contributed by atoms with Crippen LogP contribution in [-0.4, -0.2) is 31.3 Å². The molecule has 0 bridgehead atoms. The smallest absolute Gasteiger partial charge is 0.147 e. The van der Waals surface area contributed by atoms with E-state index in [2.05, 4.69) is 35.5 Å². The number of ether oxygens (including phenoxy) is 2. The van der Waals surface area contributed by atoms with Gasteiger partial charge in [-0.05, 0) is 51.2 Å². The van der Waals surface area contributed by atoms with Gasteiger partial charge in [0.25, 0.3) is 0 Å². The van der Waals surface area contributed by atoms with Crippen molar-refractivity contribution in [2.24, 2.45) is 5.92 Å². The van der Waals surface area contributed by atoms with E-state index in [1.54, 1.807) is 18.4 Å². The molecule has 0 aliphatic carbocycles. The van der Waals surface area contributed by atoms with Gasteiger partial charge in [0.1, 0.15) is 13.1 Å². The molecule has 0 aliphatic heterocycles. The summed E-state index contributed by atoms with van der Waals surface area (Å²) in [5.41, 5.74) is 2.12. The molecule has 0 aromatic carbocycles. The summed E-state index contributed by atoms with van der Waals surface area (Å²) >= 11 is 1.65. The molecule has 0 saturated carbocycles. The summed E-state index contributed by atoms with van der Waals surface area (Å²) in [5, 5.41) is 3.11. The average molecular weight is 352 g/mol. The number of hydrogen-bond donors (Lipinski definition) is 0. The highest BCUT2D eigenvalue weighted by Crippen LogP contribution is 2.18. The number of nitrogens with zero attached hydrogens (tertiary/aromatic N) is 1. The maximum absolute atomic E-state index is 10.6. The van der Waals surface area contributed by atoms with E-state index < -0.39 is 0 Å². The third kappa shape index (κ3) is 8.52. The molecule has 0 amide bonds. The normalized spacial score (nSPS) is 14.9. The largest absolute Gasteiger partial charge is 0.359 e. The number of aryl methyl sites for hydroxylation is 1. The summed E-state index contributed by atoms with van der Waals surface area (Å²) in [4.78, 5) is 15.1. The van der Waals surface area contributed by atoms with Crippen LogP contribution in [0.5, 0.6) is 0 Å². The first kappa shape index (κ1) is 20.7. The molecule has 134 valence electrons. The number of thiazole rings is 1. The van der Waals surface area contributed by atoms with Crippen LogP contribution in [0.4, 0.5) is 0 Å². The van der Waals surface area contributed by atoms with Gasteiger partial charge in [-0.15, -0.1) is 11.3 Å². The molecule has 1 aromatic heterocycles. The molecule has 1 aromatic rings. The second kappa shape index (κ2) is 12.1. The molecule has 5 heteroatoms. The third-order valence-electron chi connectivity index (χ3n) is 3.69. The molecule has 1 heterocycles. The predicted octanol–water partition coefficient (Wildman–Crippen LogP) is 4.80. The lowest BCUT2D eigenvalue weighted by Crippen LogP contribution is -2.15. The van der Waals surface area contributed by atoms with E-state index in [1.165, 1.54) is 0 Å². The van der Waals surface area contributed by atoms with Crippen LogP contribution >= 0.6 is 11.3 Å². The number of carbonyl (C=O) groups is 1. The fourth-order valence-electron chi connectivity index (χ4n) is 2.27. The summed E-state index contributed by atoms with van der Waals surface area (Å²) in [6.45, 7) is 6.30. The molecule has 0 unspecified atom stereocenters. The van der Waals surface area contributed by atoms with Crippen molar-refractivity contribution in [3.8, 4) is 0 Å². The number of aromatic nitrogens is 1. The monoisotopic (exact) mass is 351 g/mol. The molecule has 0 radical (unpaired) electrons. The molecule has 0 aliphatic rings. The summed E-state index contributed by atoms with van der Waals surface area (Å²) in [6, 6.07) is 0. The Balaban J connectivity index is 2.52. The van der Waals surface area contributed by atoms with Crippen molar-refractivity contribution in [3.05, 3.63) is 33.8 Å². The highest BCUT2D eigenvalue weighted by atomic mass is 32.1. The first-order valence-electron chi connectivity index (χ1n) is 8.38. The Kier molecular flexibility index (Phi) is 10.5. The molecular formula is C19H29NO3S. The number of hydrogen-bond acceptors (Lipinski definition) is 5. The number of aldehydes is 1. The summed E-state index contributed by atoms with van der Waals surface area (Å²) in [7, 11) is 1.63. The number of methoxy groups -OCH3 is 1. The lowest BCUT2D eigenvalue weighted by molar-refractivity contribution is -0.110. The minimum Gasteiger partial charge on any atom is -0.359 e. The van der Waals surface area contributed by atoms with Gasteiger partial charge in [0, 0.05) is 18.4 Å². The van der Waals surface area contributed by atoms with Gasteiger partial charge in [0.2, 0.25) is 0 Å². The van der Waals surface area contributed by atoms with Crippen molar-refractivity contribution in [1.82, 2.24) is 4.98 Å². The van der Waals surface area contributed by atoms with Crippen LogP contribution in [0, 0.1) is 12.8 Å². The first-order valence-corrected chi connectivity index (χ1v) is 9.26. The minimum absolute atomic E-state index is 0.0166. The lowest BCUT2D eigenvalue weighted by Gasteiger charge is -2.16. The van der Waals surface area contributed by atoms with E-state index in [0.29, 0.717) is 0 Å². The number of rotatable bonds is 12. The molecule has 1 rings (SSSR count). The first-order chi connectivity index (χ1) is 11.6. The number of unbranched alkanes of at least 4 members (excludes halogenated alkanes) is 1. The molecule has 0 spiro atoms. The van der Waals surface area contributed by atoms with Crippen LogP contribution in [0.15, 0.2) is 23.1 Å². The fourth-order valence-corrected chi connectivity index (χ4v) is 2.84. The van der Waals surface area contributed by atoms with E-state index >= 15 is 0 Å². The Bertz CT molecular complexity index is 536. The molecule has 0 saturated heterocycles. The third-order valence-corrected chi connectivity index (χ3v) is 4.48. The topological polar surface area (TPSA) is 48.4 Å². The zero-order valence-electron chi connectivity index (χ0n) is 15.2. The van der Waals surface area contributed by atoms with Gasteiger partial charge in [0.15, 0.2) is 0 Å². The van der Waals surface area contributed by atoms with Crippen LogP contribution in [-0.2, 0) is 14.3 Å². The van der Waals surface area contributed by atoms with Crippen molar-refractivity contribution < 1.29 is 14.3 Å². The quantitative estimate of drug-likeness (QED) is 0.235. The van der Waals surface area contributed by atoms with Gasteiger partial charge in [-0.2, -0.15) is 0 Å². The highest BCUT2D eigenvalue weighted by molar-refractivity contribution is 7.09. The molecular weight excluding hydrogens is 322 g/mol. The van der Waals surface area contributed by atoms with Crippen molar-refractivity contribution in [3.63, 3.8) is 0 Å². The summed E-state index contributed by atoms with van der Waals surface area (Å²) in [6.07, 6.45) is 11.2. The SMILES string of the molecule is COCO[C@@H](C/C=C\CCC[C@@H](C)C=O)/C(C)=C/c1csc(C)n1. The second-order valence-corrected chi connectivity index (χ2v) is 7.06. The number of allylic oxidation sites excluding steroid dienone is 1. The molecule has 4 nitrogen and oxygen atoms in total.